The van der Waals surface area contributed by atoms with Gasteiger partial charge in [0.1, 0.15) is 23.8 Å². The van der Waals surface area contributed by atoms with E-state index in [9.17, 15) is 4.79 Å². The van der Waals surface area contributed by atoms with Crippen LogP contribution in [-0.4, -0.2) is 56.5 Å². The van der Waals surface area contributed by atoms with Gasteiger partial charge in [0.05, 0.1) is 0 Å². The van der Waals surface area contributed by atoms with Gasteiger partial charge in [-0.1, -0.05) is 0 Å². The van der Waals surface area contributed by atoms with Gasteiger partial charge in [-0.25, -0.2) is 15.0 Å². The molecule has 4 rings (SSSR count). The molecule has 0 radical (unpaired) electrons. The van der Waals surface area contributed by atoms with Gasteiger partial charge in [0.25, 0.3) is 5.91 Å². The van der Waals surface area contributed by atoms with Crippen molar-refractivity contribution in [2.75, 3.05) is 31.1 Å². The van der Waals surface area contributed by atoms with E-state index >= 15 is 0 Å². The number of hydrogen-bond acceptors (Lipinski definition) is 5. The minimum absolute atomic E-state index is 0.0871. The standard InChI is InChI=1S/C19H19IN6O/c1-14-22-17(12-18(23-14)26-7-6-21-13-26)24-8-10-25(11-9-24)19(27)15-2-4-16(20)5-3-15/h2-7,12-13H,8-11H2,1H3. The van der Waals surface area contributed by atoms with Crippen LogP contribution in [-0.2, 0) is 0 Å². The average Bonchev–Trinajstić information content (AvgIpc) is 3.23. The first kappa shape index (κ1) is 17.9. The number of aryl methyl sites for hydroxylation is 1. The summed E-state index contributed by atoms with van der Waals surface area (Å²) in [5, 5.41) is 0. The normalized spacial score (nSPS) is 14.4. The van der Waals surface area contributed by atoms with Crippen molar-refractivity contribution < 1.29 is 4.79 Å². The van der Waals surface area contributed by atoms with Crippen LogP contribution in [0.2, 0.25) is 0 Å². The summed E-state index contributed by atoms with van der Waals surface area (Å²) in [6.45, 7) is 4.73. The monoisotopic (exact) mass is 474 g/mol. The van der Waals surface area contributed by atoms with Crippen molar-refractivity contribution in [1.29, 1.82) is 0 Å². The van der Waals surface area contributed by atoms with Crippen molar-refractivity contribution in [2.24, 2.45) is 0 Å². The molecule has 0 bridgehead atoms. The lowest BCUT2D eigenvalue weighted by atomic mass is 10.2. The molecule has 2 aromatic heterocycles. The molecule has 0 unspecified atom stereocenters. The number of aromatic nitrogens is 4. The van der Waals surface area contributed by atoms with Crippen LogP contribution in [0, 0.1) is 10.5 Å². The molecular formula is C19H19IN6O. The quantitative estimate of drug-likeness (QED) is 0.546. The molecule has 27 heavy (non-hydrogen) atoms. The van der Waals surface area contributed by atoms with E-state index in [0.717, 1.165) is 33.9 Å². The molecule has 1 aromatic carbocycles. The topological polar surface area (TPSA) is 67.2 Å². The SMILES string of the molecule is Cc1nc(N2CCN(C(=O)c3ccc(I)cc3)CC2)cc(-n2ccnc2)n1. The van der Waals surface area contributed by atoms with Crippen LogP contribution in [0.3, 0.4) is 0 Å². The Kier molecular flexibility index (Phi) is 5.06. The first-order valence-electron chi connectivity index (χ1n) is 8.74. The lowest BCUT2D eigenvalue weighted by Gasteiger charge is -2.35. The summed E-state index contributed by atoms with van der Waals surface area (Å²) in [6.07, 6.45) is 5.32. The number of carbonyl (C=O) groups excluding carboxylic acids is 1. The Balaban J connectivity index is 1.46. The molecule has 1 aliphatic heterocycles. The predicted molar refractivity (Wildman–Crippen MR) is 111 cm³/mol. The molecule has 3 aromatic rings. The molecule has 0 saturated carbocycles. The first-order valence-corrected chi connectivity index (χ1v) is 9.82. The maximum Gasteiger partial charge on any atom is 0.253 e. The van der Waals surface area contributed by atoms with E-state index in [4.69, 9.17) is 0 Å². The maximum absolute atomic E-state index is 12.7. The fraction of sp³-hybridized carbons (Fsp3) is 0.263. The first-order chi connectivity index (χ1) is 13.1. The number of halogens is 1. The van der Waals surface area contributed by atoms with Gasteiger partial charge in [0.2, 0.25) is 0 Å². The van der Waals surface area contributed by atoms with Gasteiger partial charge in [-0.05, 0) is 53.8 Å². The van der Waals surface area contributed by atoms with E-state index in [1.807, 2.05) is 52.9 Å². The van der Waals surface area contributed by atoms with Crippen molar-refractivity contribution in [3.05, 3.63) is 64.0 Å². The highest BCUT2D eigenvalue weighted by Crippen LogP contribution is 2.18. The second-order valence-corrected chi connectivity index (χ2v) is 7.63. The van der Waals surface area contributed by atoms with E-state index in [1.54, 1.807) is 12.5 Å². The molecule has 7 nitrogen and oxygen atoms in total. The van der Waals surface area contributed by atoms with E-state index in [1.165, 1.54) is 0 Å². The van der Waals surface area contributed by atoms with Gasteiger partial charge < -0.3 is 9.80 Å². The molecule has 0 N–H and O–H groups in total. The number of piperazine rings is 1. The summed E-state index contributed by atoms with van der Waals surface area (Å²) in [4.78, 5) is 29.9. The summed E-state index contributed by atoms with van der Waals surface area (Å²) in [7, 11) is 0. The van der Waals surface area contributed by atoms with E-state index in [-0.39, 0.29) is 5.91 Å². The lowest BCUT2D eigenvalue weighted by molar-refractivity contribution is 0.0746. The van der Waals surface area contributed by atoms with Crippen molar-refractivity contribution >= 4 is 34.3 Å². The number of hydrogen-bond donors (Lipinski definition) is 0. The van der Waals surface area contributed by atoms with Crippen molar-refractivity contribution in [2.45, 2.75) is 6.92 Å². The minimum atomic E-state index is 0.0871. The van der Waals surface area contributed by atoms with Gasteiger partial charge in [-0.3, -0.25) is 9.36 Å². The third-order valence-electron chi connectivity index (χ3n) is 4.56. The molecule has 138 valence electrons. The number of rotatable bonds is 3. The van der Waals surface area contributed by atoms with E-state index < -0.39 is 0 Å². The van der Waals surface area contributed by atoms with Gasteiger partial charge in [0.15, 0.2) is 0 Å². The van der Waals surface area contributed by atoms with Crippen LogP contribution in [0.25, 0.3) is 5.82 Å². The number of anilines is 1. The number of imidazole rings is 1. The van der Waals surface area contributed by atoms with Crippen LogP contribution in [0.4, 0.5) is 5.82 Å². The third-order valence-corrected chi connectivity index (χ3v) is 5.28. The van der Waals surface area contributed by atoms with Crippen molar-refractivity contribution in [1.82, 2.24) is 24.4 Å². The van der Waals surface area contributed by atoms with Gasteiger partial charge >= 0.3 is 0 Å². The van der Waals surface area contributed by atoms with Crippen molar-refractivity contribution in [3.8, 4) is 5.82 Å². The number of nitrogens with zero attached hydrogens (tertiary/aromatic N) is 6. The Morgan fingerprint density at radius 1 is 1.04 bits per heavy atom. The fourth-order valence-electron chi connectivity index (χ4n) is 3.14. The predicted octanol–water partition coefficient (Wildman–Crippen LogP) is 2.54. The molecule has 0 spiro atoms. The van der Waals surface area contributed by atoms with E-state index in [2.05, 4.69) is 42.4 Å². The smallest absolute Gasteiger partial charge is 0.253 e. The Bertz CT molecular complexity index is 933. The van der Waals surface area contributed by atoms with Crippen molar-refractivity contribution in [3.63, 3.8) is 0 Å². The highest BCUT2D eigenvalue weighted by atomic mass is 127. The summed E-state index contributed by atoms with van der Waals surface area (Å²) in [5.41, 5.74) is 0.740. The minimum Gasteiger partial charge on any atom is -0.353 e. The zero-order valence-corrected chi connectivity index (χ0v) is 17.1. The van der Waals surface area contributed by atoms with Crippen LogP contribution < -0.4 is 4.90 Å². The zero-order valence-electron chi connectivity index (χ0n) is 14.9. The Morgan fingerprint density at radius 2 is 1.74 bits per heavy atom. The second kappa shape index (κ2) is 7.63. The molecule has 0 atom stereocenters. The van der Waals surface area contributed by atoms with Crippen LogP contribution >= 0.6 is 22.6 Å². The highest BCUT2D eigenvalue weighted by Gasteiger charge is 2.23. The van der Waals surface area contributed by atoms with Crippen LogP contribution in [0.5, 0.6) is 0 Å². The number of amides is 1. The average molecular weight is 474 g/mol. The Labute approximate surface area is 171 Å². The van der Waals surface area contributed by atoms with Gasteiger partial charge in [0, 0.05) is 53.8 Å². The van der Waals surface area contributed by atoms with Gasteiger partial charge in [-0.15, -0.1) is 0 Å². The Hall–Kier alpha value is -2.49. The molecule has 3 heterocycles. The van der Waals surface area contributed by atoms with E-state index in [0.29, 0.717) is 18.9 Å². The largest absolute Gasteiger partial charge is 0.353 e. The number of benzene rings is 1. The fourth-order valence-corrected chi connectivity index (χ4v) is 3.50. The summed E-state index contributed by atoms with van der Waals surface area (Å²) >= 11 is 2.24. The highest BCUT2D eigenvalue weighted by molar-refractivity contribution is 14.1. The zero-order chi connectivity index (χ0) is 18.8. The second-order valence-electron chi connectivity index (χ2n) is 6.39. The molecule has 8 heteroatoms. The summed E-state index contributed by atoms with van der Waals surface area (Å²) in [6, 6.07) is 9.67. The maximum atomic E-state index is 12.7. The summed E-state index contributed by atoms with van der Waals surface area (Å²) in [5.74, 6) is 2.48. The molecular weight excluding hydrogens is 455 g/mol. The Morgan fingerprint density at radius 3 is 2.41 bits per heavy atom. The molecule has 1 fully saturated rings. The van der Waals surface area contributed by atoms with Crippen LogP contribution in [0.15, 0.2) is 49.1 Å². The molecule has 1 amide bonds. The summed E-state index contributed by atoms with van der Waals surface area (Å²) < 4.78 is 3.00. The molecule has 1 saturated heterocycles. The van der Waals surface area contributed by atoms with Crippen LogP contribution in [0.1, 0.15) is 16.2 Å². The van der Waals surface area contributed by atoms with Gasteiger partial charge in [-0.2, -0.15) is 0 Å². The molecule has 1 aliphatic rings. The third kappa shape index (κ3) is 3.95. The molecule has 0 aliphatic carbocycles. The number of carbonyl (C=O) groups is 1. The lowest BCUT2D eigenvalue weighted by Crippen LogP contribution is -2.49.